The van der Waals surface area contributed by atoms with E-state index in [4.69, 9.17) is 0 Å². The van der Waals surface area contributed by atoms with Crippen molar-refractivity contribution in [3.8, 4) is 0 Å². The van der Waals surface area contributed by atoms with Crippen LogP contribution >= 0.6 is 0 Å². The van der Waals surface area contributed by atoms with Crippen molar-refractivity contribution in [3.05, 3.63) is 65.8 Å². The van der Waals surface area contributed by atoms with Gasteiger partial charge in [0, 0.05) is 0 Å². The number of hydrogen-bond acceptors (Lipinski definition) is 0. The van der Waals surface area contributed by atoms with Crippen LogP contribution in [0.15, 0.2) is 60.2 Å². The van der Waals surface area contributed by atoms with Gasteiger partial charge in [-0.1, -0.05) is 81.5 Å². The summed E-state index contributed by atoms with van der Waals surface area (Å²) >= 11 is 0. The van der Waals surface area contributed by atoms with E-state index in [0.717, 1.165) is 5.92 Å². The first-order chi connectivity index (χ1) is 9.54. The van der Waals surface area contributed by atoms with Crippen LogP contribution < -0.4 is 0 Å². The van der Waals surface area contributed by atoms with Gasteiger partial charge in [-0.25, -0.2) is 0 Å². The Morgan fingerprint density at radius 1 is 1.00 bits per heavy atom. The van der Waals surface area contributed by atoms with Crippen molar-refractivity contribution in [2.24, 2.45) is 16.7 Å². The highest BCUT2D eigenvalue weighted by molar-refractivity contribution is 5.51. The second-order valence-electron chi connectivity index (χ2n) is 6.95. The van der Waals surface area contributed by atoms with Crippen molar-refractivity contribution in [1.29, 1.82) is 0 Å². The standard InChI is InChI=1S/C20H24/c1-19(2)17-13-14-20(19,3)18(15-17)12-8-7-11-16-9-5-4-6-10-16/h4-12,15,17H,13-14H2,1-3H3/b11-7+,12-8-/t17-,20+/m1/s1. The minimum Gasteiger partial charge on any atom is -0.0771 e. The van der Waals surface area contributed by atoms with Crippen LogP contribution in [-0.2, 0) is 0 Å². The summed E-state index contributed by atoms with van der Waals surface area (Å²) in [6.45, 7) is 7.31. The number of hydrogen-bond donors (Lipinski definition) is 0. The zero-order valence-electron chi connectivity index (χ0n) is 12.8. The summed E-state index contributed by atoms with van der Waals surface area (Å²) in [4.78, 5) is 0. The summed E-state index contributed by atoms with van der Waals surface area (Å²) < 4.78 is 0. The lowest BCUT2D eigenvalue weighted by atomic mass is 9.67. The third-order valence-corrected chi connectivity index (χ3v) is 5.80. The van der Waals surface area contributed by atoms with Crippen molar-refractivity contribution >= 4 is 6.08 Å². The second-order valence-corrected chi connectivity index (χ2v) is 6.95. The Balaban J connectivity index is 1.72. The molecule has 1 aromatic carbocycles. The van der Waals surface area contributed by atoms with Crippen LogP contribution in [0.1, 0.15) is 39.2 Å². The molecule has 2 aliphatic carbocycles. The third-order valence-electron chi connectivity index (χ3n) is 5.80. The zero-order valence-corrected chi connectivity index (χ0v) is 12.8. The molecule has 104 valence electrons. The molecule has 0 heterocycles. The molecule has 0 unspecified atom stereocenters. The van der Waals surface area contributed by atoms with E-state index in [1.807, 2.05) is 0 Å². The highest BCUT2D eigenvalue weighted by atomic mass is 14.6. The van der Waals surface area contributed by atoms with Gasteiger partial charge in [0.15, 0.2) is 0 Å². The zero-order chi connectivity index (χ0) is 14.2. The molecule has 3 rings (SSSR count). The van der Waals surface area contributed by atoms with E-state index in [1.54, 1.807) is 0 Å². The van der Waals surface area contributed by atoms with E-state index < -0.39 is 0 Å². The van der Waals surface area contributed by atoms with Crippen LogP contribution in [-0.4, -0.2) is 0 Å². The molecule has 1 saturated carbocycles. The second kappa shape index (κ2) is 4.77. The molecule has 0 nitrogen and oxygen atoms in total. The Labute approximate surface area is 122 Å². The Bertz CT molecular complexity index is 571. The van der Waals surface area contributed by atoms with Crippen molar-refractivity contribution in [3.63, 3.8) is 0 Å². The minimum atomic E-state index is 0.370. The Morgan fingerprint density at radius 2 is 1.70 bits per heavy atom. The largest absolute Gasteiger partial charge is 0.0771 e. The van der Waals surface area contributed by atoms with Crippen molar-refractivity contribution in [2.75, 3.05) is 0 Å². The number of fused-ring (bicyclic) bond motifs is 2. The van der Waals surface area contributed by atoms with Crippen LogP contribution in [0.25, 0.3) is 6.08 Å². The average molecular weight is 264 g/mol. The van der Waals surface area contributed by atoms with E-state index in [-0.39, 0.29) is 0 Å². The Kier molecular flexibility index (Phi) is 3.20. The minimum absolute atomic E-state index is 0.370. The van der Waals surface area contributed by atoms with Gasteiger partial charge in [0.05, 0.1) is 0 Å². The highest BCUT2D eigenvalue weighted by Gasteiger charge is 2.56. The van der Waals surface area contributed by atoms with Gasteiger partial charge in [0.1, 0.15) is 0 Å². The van der Waals surface area contributed by atoms with E-state index in [1.165, 1.54) is 24.0 Å². The summed E-state index contributed by atoms with van der Waals surface area (Å²) in [5.41, 5.74) is 3.59. The molecule has 0 saturated heterocycles. The topological polar surface area (TPSA) is 0 Å². The molecule has 0 spiro atoms. The van der Waals surface area contributed by atoms with Crippen molar-refractivity contribution < 1.29 is 0 Å². The first-order valence-corrected chi connectivity index (χ1v) is 7.66. The SMILES string of the molecule is CC1(C)[C@H]2C=C(/C=C\C=C\c3ccccc3)[C@]1(C)CC2. The van der Waals surface area contributed by atoms with Crippen molar-refractivity contribution in [1.82, 2.24) is 0 Å². The first-order valence-electron chi connectivity index (χ1n) is 7.66. The molecule has 0 aromatic heterocycles. The summed E-state index contributed by atoms with van der Waals surface area (Å²) in [6.07, 6.45) is 14.0. The fourth-order valence-corrected chi connectivity index (χ4v) is 3.87. The van der Waals surface area contributed by atoms with E-state index in [2.05, 4.69) is 81.5 Å². The summed E-state index contributed by atoms with van der Waals surface area (Å²) in [6, 6.07) is 10.5. The average Bonchev–Trinajstić information content (AvgIpc) is 2.78. The van der Waals surface area contributed by atoms with E-state index in [0.29, 0.717) is 10.8 Å². The number of allylic oxidation sites excluding steroid dienone is 5. The predicted octanol–water partition coefficient (Wildman–Crippen LogP) is 5.64. The molecular weight excluding hydrogens is 240 g/mol. The molecule has 1 aromatic rings. The van der Waals surface area contributed by atoms with Crippen LogP contribution in [0.5, 0.6) is 0 Å². The molecular formula is C20H24. The summed E-state index contributed by atoms with van der Waals surface area (Å²) in [5, 5.41) is 0. The van der Waals surface area contributed by atoms with Gasteiger partial charge in [-0.2, -0.15) is 0 Å². The maximum atomic E-state index is 2.51. The molecule has 0 radical (unpaired) electrons. The summed E-state index contributed by atoms with van der Waals surface area (Å²) in [7, 11) is 0. The molecule has 2 aliphatic rings. The molecule has 2 atom stereocenters. The maximum absolute atomic E-state index is 2.51. The quantitative estimate of drug-likeness (QED) is 0.620. The lowest BCUT2D eigenvalue weighted by Crippen LogP contribution is -2.29. The van der Waals surface area contributed by atoms with Crippen molar-refractivity contribution in [2.45, 2.75) is 33.6 Å². The van der Waals surface area contributed by atoms with Gasteiger partial charge in [-0.3, -0.25) is 0 Å². The highest BCUT2D eigenvalue weighted by Crippen LogP contribution is 2.65. The maximum Gasteiger partial charge on any atom is -0.00214 e. The predicted molar refractivity (Wildman–Crippen MR) is 87.3 cm³/mol. The molecule has 20 heavy (non-hydrogen) atoms. The van der Waals surface area contributed by atoms with Gasteiger partial charge >= 0.3 is 0 Å². The van der Waals surface area contributed by atoms with E-state index in [9.17, 15) is 0 Å². The molecule has 1 fully saturated rings. The van der Waals surface area contributed by atoms with Crippen LogP contribution in [0.4, 0.5) is 0 Å². The first kappa shape index (κ1) is 13.4. The monoisotopic (exact) mass is 264 g/mol. The van der Waals surface area contributed by atoms with Gasteiger partial charge < -0.3 is 0 Å². The van der Waals surface area contributed by atoms with Gasteiger partial charge in [-0.15, -0.1) is 0 Å². The summed E-state index contributed by atoms with van der Waals surface area (Å²) in [5.74, 6) is 0.769. The normalized spacial score (nSPS) is 31.4. The molecule has 0 aliphatic heterocycles. The molecule has 2 bridgehead atoms. The van der Waals surface area contributed by atoms with Gasteiger partial charge in [-0.05, 0) is 40.7 Å². The van der Waals surface area contributed by atoms with Crippen LogP contribution in [0.3, 0.4) is 0 Å². The number of benzene rings is 1. The third kappa shape index (κ3) is 1.98. The lowest BCUT2D eigenvalue weighted by Gasteiger charge is -2.36. The van der Waals surface area contributed by atoms with E-state index >= 15 is 0 Å². The smallest absolute Gasteiger partial charge is 0.00214 e. The fraction of sp³-hybridized carbons (Fsp3) is 0.400. The van der Waals surface area contributed by atoms with Crippen LogP contribution in [0, 0.1) is 16.7 Å². The van der Waals surface area contributed by atoms with Gasteiger partial charge in [0.25, 0.3) is 0 Å². The number of rotatable bonds is 3. The Morgan fingerprint density at radius 3 is 2.30 bits per heavy atom. The fourth-order valence-electron chi connectivity index (χ4n) is 3.87. The van der Waals surface area contributed by atoms with Gasteiger partial charge in [0.2, 0.25) is 0 Å². The molecule has 0 N–H and O–H groups in total. The molecule has 0 heteroatoms. The molecule has 0 amide bonds. The Hall–Kier alpha value is -1.56. The van der Waals surface area contributed by atoms with Crippen LogP contribution in [0.2, 0.25) is 0 Å². The lowest BCUT2D eigenvalue weighted by molar-refractivity contribution is 0.174.